The van der Waals surface area contributed by atoms with Crippen LogP contribution in [0.1, 0.15) is 31.8 Å². The van der Waals surface area contributed by atoms with Crippen LogP contribution >= 0.6 is 11.6 Å². The summed E-state index contributed by atoms with van der Waals surface area (Å²) in [6.45, 7) is 0.630. The van der Waals surface area contributed by atoms with Crippen molar-refractivity contribution in [1.82, 2.24) is 20.6 Å². The van der Waals surface area contributed by atoms with Gasteiger partial charge in [0.05, 0.1) is 11.1 Å². The molecule has 0 saturated carbocycles. The Morgan fingerprint density at radius 3 is 2.22 bits per heavy atom. The van der Waals surface area contributed by atoms with Crippen LogP contribution < -0.4 is 10.6 Å². The molecule has 0 bridgehead atoms. The summed E-state index contributed by atoms with van der Waals surface area (Å²) in [5.74, 6) is -0.642. The summed E-state index contributed by atoms with van der Waals surface area (Å²) in [4.78, 5) is 32.6. The van der Waals surface area contributed by atoms with Crippen molar-refractivity contribution >= 4 is 23.4 Å². The van der Waals surface area contributed by atoms with Crippen molar-refractivity contribution in [3.8, 4) is 0 Å². The fourth-order valence-corrected chi connectivity index (χ4v) is 2.60. The fraction of sp³-hybridized carbons (Fsp3) is 0.100. The molecule has 0 atom stereocenters. The van der Waals surface area contributed by atoms with Crippen LogP contribution in [0.15, 0.2) is 67.3 Å². The van der Waals surface area contributed by atoms with Gasteiger partial charge in [-0.2, -0.15) is 0 Å². The molecule has 0 aliphatic rings. The molecule has 3 aromatic rings. The van der Waals surface area contributed by atoms with Crippen molar-refractivity contribution in [2.45, 2.75) is 13.1 Å². The van der Waals surface area contributed by atoms with Crippen LogP contribution in [0, 0.1) is 0 Å². The molecule has 6 nitrogen and oxygen atoms in total. The molecule has 0 aliphatic carbocycles. The van der Waals surface area contributed by atoms with E-state index in [0.29, 0.717) is 22.7 Å². The molecule has 0 fully saturated rings. The maximum atomic E-state index is 12.3. The number of halogens is 1. The minimum absolute atomic E-state index is 0.288. The van der Waals surface area contributed by atoms with Crippen molar-refractivity contribution in [2.24, 2.45) is 0 Å². The molecular weight excluding hydrogens is 364 g/mol. The summed E-state index contributed by atoms with van der Waals surface area (Å²) < 4.78 is 0. The van der Waals surface area contributed by atoms with E-state index in [-0.39, 0.29) is 18.4 Å². The molecule has 0 aliphatic heterocycles. The number of amides is 2. The Kier molecular flexibility index (Phi) is 6.12. The summed E-state index contributed by atoms with van der Waals surface area (Å²) in [5.41, 5.74) is 2.30. The molecule has 136 valence electrons. The van der Waals surface area contributed by atoms with Crippen molar-refractivity contribution in [3.63, 3.8) is 0 Å². The first-order chi connectivity index (χ1) is 13.1. The van der Waals surface area contributed by atoms with Crippen molar-refractivity contribution in [2.75, 3.05) is 0 Å². The Morgan fingerprint density at radius 2 is 1.56 bits per heavy atom. The Labute approximate surface area is 161 Å². The molecule has 1 aromatic carbocycles. The zero-order valence-electron chi connectivity index (χ0n) is 14.4. The van der Waals surface area contributed by atoms with Gasteiger partial charge in [-0.25, -0.2) is 0 Å². The van der Waals surface area contributed by atoms with Crippen LogP contribution in [0.25, 0.3) is 0 Å². The number of nitrogens with zero attached hydrogens (tertiary/aromatic N) is 2. The first-order valence-electron chi connectivity index (χ1n) is 8.27. The van der Waals surface area contributed by atoms with Gasteiger partial charge in [-0.1, -0.05) is 35.9 Å². The Morgan fingerprint density at radius 1 is 0.852 bits per heavy atom. The van der Waals surface area contributed by atoms with E-state index in [4.69, 9.17) is 11.6 Å². The summed E-state index contributed by atoms with van der Waals surface area (Å²) in [6.07, 6.45) is 6.18. The third-order valence-corrected chi connectivity index (χ3v) is 4.20. The lowest BCUT2D eigenvalue weighted by molar-refractivity contribution is 0.0950. The highest BCUT2D eigenvalue weighted by atomic mass is 35.5. The molecule has 0 saturated heterocycles. The van der Waals surface area contributed by atoms with E-state index < -0.39 is 0 Å². The second kappa shape index (κ2) is 8.91. The molecule has 0 radical (unpaired) electrons. The number of carbonyl (C=O) groups excluding carboxylic acids is 2. The van der Waals surface area contributed by atoms with Crippen LogP contribution in [0.3, 0.4) is 0 Å². The van der Waals surface area contributed by atoms with Gasteiger partial charge < -0.3 is 10.6 Å². The first-order valence-corrected chi connectivity index (χ1v) is 8.65. The minimum Gasteiger partial charge on any atom is -0.348 e. The SMILES string of the molecule is O=C(NCc1cccnc1)c1cncc(C(=O)NCc2ccccc2Cl)c1. The number of rotatable bonds is 6. The third-order valence-electron chi connectivity index (χ3n) is 3.84. The predicted octanol–water partition coefficient (Wildman–Crippen LogP) is 2.99. The van der Waals surface area contributed by atoms with Gasteiger partial charge in [0, 0.05) is 42.9 Å². The van der Waals surface area contributed by atoms with Gasteiger partial charge in [0.2, 0.25) is 0 Å². The summed E-state index contributed by atoms with van der Waals surface area (Å²) in [6, 6.07) is 12.4. The molecule has 0 spiro atoms. The Bertz CT molecular complexity index is 947. The van der Waals surface area contributed by atoms with E-state index in [1.165, 1.54) is 18.5 Å². The highest BCUT2D eigenvalue weighted by Crippen LogP contribution is 2.14. The van der Waals surface area contributed by atoms with Crippen LogP contribution in [0.4, 0.5) is 0 Å². The number of aromatic nitrogens is 2. The molecule has 0 unspecified atom stereocenters. The first kappa shape index (κ1) is 18.5. The van der Waals surface area contributed by atoms with E-state index >= 15 is 0 Å². The highest BCUT2D eigenvalue weighted by Gasteiger charge is 2.12. The topological polar surface area (TPSA) is 84.0 Å². The van der Waals surface area contributed by atoms with Gasteiger partial charge in [-0.3, -0.25) is 19.6 Å². The molecule has 2 N–H and O–H groups in total. The van der Waals surface area contributed by atoms with Crippen LogP contribution in [0.5, 0.6) is 0 Å². The van der Waals surface area contributed by atoms with E-state index in [1.54, 1.807) is 24.5 Å². The van der Waals surface area contributed by atoms with Gasteiger partial charge >= 0.3 is 0 Å². The second-order valence-electron chi connectivity index (χ2n) is 5.78. The van der Waals surface area contributed by atoms with E-state index in [0.717, 1.165) is 11.1 Å². The maximum Gasteiger partial charge on any atom is 0.253 e. The van der Waals surface area contributed by atoms with Gasteiger partial charge in [0.1, 0.15) is 0 Å². The Balaban J connectivity index is 1.61. The monoisotopic (exact) mass is 380 g/mol. The van der Waals surface area contributed by atoms with Gasteiger partial charge in [0.25, 0.3) is 11.8 Å². The molecule has 2 aromatic heterocycles. The van der Waals surface area contributed by atoms with E-state index in [2.05, 4.69) is 20.6 Å². The standard InChI is InChI=1S/C20H17ClN4O2/c21-18-6-2-1-5-15(18)13-25-20(27)17-8-16(11-23-12-17)19(26)24-10-14-4-3-7-22-9-14/h1-9,11-12H,10,13H2,(H,24,26)(H,25,27). The van der Waals surface area contributed by atoms with Gasteiger partial charge in [0.15, 0.2) is 0 Å². The molecule has 7 heteroatoms. The molecular formula is C20H17ClN4O2. The average Bonchev–Trinajstić information content (AvgIpc) is 2.72. The number of benzene rings is 1. The normalized spacial score (nSPS) is 10.3. The smallest absolute Gasteiger partial charge is 0.253 e. The zero-order valence-corrected chi connectivity index (χ0v) is 15.1. The second-order valence-corrected chi connectivity index (χ2v) is 6.19. The number of hydrogen-bond acceptors (Lipinski definition) is 4. The number of carbonyl (C=O) groups is 2. The number of pyridine rings is 2. The Hall–Kier alpha value is -3.25. The summed E-state index contributed by atoms with van der Waals surface area (Å²) >= 11 is 6.08. The highest BCUT2D eigenvalue weighted by molar-refractivity contribution is 6.31. The lowest BCUT2D eigenvalue weighted by atomic mass is 10.1. The largest absolute Gasteiger partial charge is 0.348 e. The van der Waals surface area contributed by atoms with Crippen LogP contribution in [0.2, 0.25) is 5.02 Å². The van der Waals surface area contributed by atoms with Crippen LogP contribution in [-0.2, 0) is 13.1 Å². The number of nitrogens with one attached hydrogen (secondary N) is 2. The van der Waals surface area contributed by atoms with Crippen LogP contribution in [-0.4, -0.2) is 21.8 Å². The maximum absolute atomic E-state index is 12.3. The van der Waals surface area contributed by atoms with Crippen molar-refractivity contribution < 1.29 is 9.59 Å². The fourth-order valence-electron chi connectivity index (χ4n) is 2.39. The molecule has 2 amide bonds. The van der Waals surface area contributed by atoms with Gasteiger partial charge in [-0.05, 0) is 29.3 Å². The summed E-state index contributed by atoms with van der Waals surface area (Å²) in [7, 11) is 0. The molecule has 2 heterocycles. The predicted molar refractivity (Wildman–Crippen MR) is 102 cm³/mol. The quantitative estimate of drug-likeness (QED) is 0.688. The van der Waals surface area contributed by atoms with Crippen molar-refractivity contribution in [3.05, 3.63) is 94.5 Å². The zero-order chi connectivity index (χ0) is 19.1. The van der Waals surface area contributed by atoms with E-state index in [9.17, 15) is 9.59 Å². The average molecular weight is 381 g/mol. The molecule has 27 heavy (non-hydrogen) atoms. The molecule has 3 rings (SSSR count). The lowest BCUT2D eigenvalue weighted by Crippen LogP contribution is -2.25. The summed E-state index contributed by atoms with van der Waals surface area (Å²) in [5, 5.41) is 6.14. The van der Waals surface area contributed by atoms with E-state index in [1.807, 2.05) is 24.3 Å². The third kappa shape index (κ3) is 5.12. The van der Waals surface area contributed by atoms with Crippen molar-refractivity contribution in [1.29, 1.82) is 0 Å². The van der Waals surface area contributed by atoms with Gasteiger partial charge in [-0.15, -0.1) is 0 Å². The minimum atomic E-state index is -0.329. The lowest BCUT2D eigenvalue weighted by Gasteiger charge is -2.08. The number of hydrogen-bond donors (Lipinski definition) is 2.